The second-order valence-electron chi connectivity index (χ2n) is 4.36. The fraction of sp³-hybridized carbons (Fsp3) is 0.571. The van der Waals surface area contributed by atoms with Crippen molar-refractivity contribution in [2.75, 3.05) is 6.54 Å². The third kappa shape index (κ3) is 4.98. The number of amides is 1. The predicted octanol–water partition coefficient (Wildman–Crippen LogP) is 3.03. The molecule has 0 aliphatic carbocycles. The summed E-state index contributed by atoms with van der Waals surface area (Å²) < 4.78 is 0. The van der Waals surface area contributed by atoms with Gasteiger partial charge in [-0.2, -0.15) is 0 Å². The molecule has 1 amide bonds. The molecule has 0 aliphatic heterocycles. The Hall–Kier alpha value is -1.38. The monoisotopic (exact) mass is 234 g/mol. The van der Waals surface area contributed by atoms with Crippen LogP contribution >= 0.6 is 0 Å². The number of hydrogen-bond donors (Lipinski definition) is 1. The predicted molar refractivity (Wildman–Crippen MR) is 69.9 cm³/mol. The zero-order valence-corrected chi connectivity index (χ0v) is 10.8. The van der Waals surface area contributed by atoms with Crippen molar-refractivity contribution in [1.29, 1.82) is 0 Å². The Bertz CT molecular complexity index is 324. The zero-order chi connectivity index (χ0) is 12.5. The Balaban J connectivity index is 2.36. The first-order chi connectivity index (χ1) is 8.27. The van der Waals surface area contributed by atoms with E-state index in [1.807, 2.05) is 0 Å². The molecule has 1 heterocycles. The quantitative estimate of drug-likeness (QED) is 0.788. The van der Waals surface area contributed by atoms with Gasteiger partial charge in [0.05, 0.1) is 0 Å². The van der Waals surface area contributed by atoms with E-state index in [2.05, 4.69) is 24.1 Å². The summed E-state index contributed by atoms with van der Waals surface area (Å²) in [5, 5.41) is 2.99. The molecule has 0 unspecified atom stereocenters. The van der Waals surface area contributed by atoms with Crippen LogP contribution in [0.2, 0.25) is 0 Å². The van der Waals surface area contributed by atoms with Gasteiger partial charge in [0.1, 0.15) is 0 Å². The minimum absolute atomic E-state index is 0.00217. The lowest BCUT2D eigenvalue weighted by atomic mass is 9.99. The highest BCUT2D eigenvalue weighted by atomic mass is 16.1. The summed E-state index contributed by atoms with van der Waals surface area (Å²) in [5.74, 6) is 0.600. The third-order valence-corrected chi connectivity index (χ3v) is 3.04. The van der Waals surface area contributed by atoms with Gasteiger partial charge in [-0.15, -0.1) is 0 Å². The van der Waals surface area contributed by atoms with E-state index in [-0.39, 0.29) is 5.91 Å². The summed E-state index contributed by atoms with van der Waals surface area (Å²) in [5.41, 5.74) is 0.686. The van der Waals surface area contributed by atoms with Crippen LogP contribution in [0.5, 0.6) is 0 Å². The van der Waals surface area contributed by atoms with E-state index in [0.717, 1.165) is 13.0 Å². The highest BCUT2D eigenvalue weighted by Crippen LogP contribution is 2.11. The molecule has 1 aromatic heterocycles. The molecule has 0 bridgehead atoms. The third-order valence-electron chi connectivity index (χ3n) is 3.04. The van der Waals surface area contributed by atoms with E-state index in [1.165, 1.54) is 19.3 Å². The number of hydrogen-bond acceptors (Lipinski definition) is 2. The Morgan fingerprint density at radius 2 is 2.06 bits per heavy atom. The Labute approximate surface area is 104 Å². The second kappa shape index (κ2) is 7.82. The van der Waals surface area contributed by atoms with Crippen LogP contribution in [0.3, 0.4) is 0 Å². The lowest BCUT2D eigenvalue weighted by molar-refractivity contribution is 0.0945. The van der Waals surface area contributed by atoms with E-state index in [9.17, 15) is 4.79 Å². The van der Waals surface area contributed by atoms with E-state index in [4.69, 9.17) is 0 Å². The first-order valence-corrected chi connectivity index (χ1v) is 6.46. The van der Waals surface area contributed by atoms with Gasteiger partial charge in [-0.05, 0) is 24.5 Å². The zero-order valence-electron chi connectivity index (χ0n) is 10.8. The largest absolute Gasteiger partial charge is 0.352 e. The van der Waals surface area contributed by atoms with Crippen molar-refractivity contribution >= 4 is 5.91 Å². The summed E-state index contributed by atoms with van der Waals surface area (Å²) >= 11 is 0. The Morgan fingerprint density at radius 1 is 1.35 bits per heavy atom. The van der Waals surface area contributed by atoms with Crippen LogP contribution in [-0.2, 0) is 0 Å². The highest BCUT2D eigenvalue weighted by Gasteiger charge is 2.09. The molecule has 0 aromatic carbocycles. The molecule has 1 N–H and O–H groups in total. The SMILES string of the molecule is CCCC[C@@H](CC)CNC(=O)c1ccncc1. The van der Waals surface area contributed by atoms with Crippen LogP contribution in [0.1, 0.15) is 49.9 Å². The van der Waals surface area contributed by atoms with E-state index in [1.54, 1.807) is 24.5 Å². The van der Waals surface area contributed by atoms with Crippen molar-refractivity contribution in [1.82, 2.24) is 10.3 Å². The lowest BCUT2D eigenvalue weighted by Crippen LogP contribution is -2.29. The minimum Gasteiger partial charge on any atom is -0.352 e. The number of nitrogens with one attached hydrogen (secondary N) is 1. The maximum absolute atomic E-state index is 11.8. The molecule has 0 spiro atoms. The molecule has 3 heteroatoms. The molecule has 0 radical (unpaired) electrons. The standard InChI is InChI=1S/C14H22N2O/c1-3-5-6-12(4-2)11-16-14(17)13-7-9-15-10-8-13/h7-10,12H,3-6,11H2,1-2H3,(H,16,17)/t12-/m1/s1. The highest BCUT2D eigenvalue weighted by molar-refractivity contribution is 5.93. The molecular weight excluding hydrogens is 212 g/mol. The summed E-state index contributed by atoms with van der Waals surface area (Å²) in [4.78, 5) is 15.7. The molecule has 0 saturated carbocycles. The van der Waals surface area contributed by atoms with Gasteiger partial charge in [0.15, 0.2) is 0 Å². The minimum atomic E-state index is 0.00217. The fourth-order valence-electron chi connectivity index (χ4n) is 1.79. The van der Waals surface area contributed by atoms with Gasteiger partial charge >= 0.3 is 0 Å². The van der Waals surface area contributed by atoms with Crippen LogP contribution in [0, 0.1) is 5.92 Å². The van der Waals surface area contributed by atoms with Crippen LogP contribution < -0.4 is 5.32 Å². The van der Waals surface area contributed by atoms with Gasteiger partial charge in [0.2, 0.25) is 0 Å². The van der Waals surface area contributed by atoms with Crippen molar-refractivity contribution in [3.05, 3.63) is 30.1 Å². The molecule has 0 aliphatic rings. The summed E-state index contributed by atoms with van der Waals surface area (Å²) in [6, 6.07) is 3.48. The molecule has 1 atom stereocenters. The summed E-state index contributed by atoms with van der Waals surface area (Å²) in [6.45, 7) is 5.15. The number of rotatable bonds is 7. The smallest absolute Gasteiger partial charge is 0.251 e. The lowest BCUT2D eigenvalue weighted by Gasteiger charge is -2.15. The Morgan fingerprint density at radius 3 is 2.65 bits per heavy atom. The van der Waals surface area contributed by atoms with Gasteiger partial charge in [0.25, 0.3) is 5.91 Å². The first-order valence-electron chi connectivity index (χ1n) is 6.46. The molecule has 3 nitrogen and oxygen atoms in total. The van der Waals surface area contributed by atoms with Crippen LogP contribution in [0.15, 0.2) is 24.5 Å². The summed E-state index contributed by atoms with van der Waals surface area (Å²) in [7, 11) is 0. The number of aromatic nitrogens is 1. The fourth-order valence-corrected chi connectivity index (χ4v) is 1.79. The molecule has 1 rings (SSSR count). The van der Waals surface area contributed by atoms with Gasteiger partial charge in [-0.25, -0.2) is 0 Å². The molecule has 1 aromatic rings. The molecule has 0 saturated heterocycles. The van der Waals surface area contributed by atoms with Gasteiger partial charge in [0, 0.05) is 24.5 Å². The number of carbonyl (C=O) groups excluding carboxylic acids is 1. The van der Waals surface area contributed by atoms with Crippen LogP contribution in [0.25, 0.3) is 0 Å². The molecular formula is C14H22N2O. The van der Waals surface area contributed by atoms with Crippen molar-refractivity contribution in [2.24, 2.45) is 5.92 Å². The molecule has 94 valence electrons. The number of carbonyl (C=O) groups is 1. The maximum atomic E-state index is 11.8. The number of unbranched alkanes of at least 4 members (excludes halogenated alkanes) is 1. The van der Waals surface area contributed by atoms with Crippen LogP contribution in [-0.4, -0.2) is 17.4 Å². The molecule has 17 heavy (non-hydrogen) atoms. The van der Waals surface area contributed by atoms with Crippen molar-refractivity contribution in [3.8, 4) is 0 Å². The number of pyridine rings is 1. The topological polar surface area (TPSA) is 42.0 Å². The van der Waals surface area contributed by atoms with Gasteiger partial charge < -0.3 is 5.32 Å². The Kier molecular flexibility index (Phi) is 6.30. The molecule has 0 fully saturated rings. The maximum Gasteiger partial charge on any atom is 0.251 e. The van der Waals surface area contributed by atoms with Crippen molar-refractivity contribution < 1.29 is 4.79 Å². The van der Waals surface area contributed by atoms with Gasteiger partial charge in [-0.1, -0.05) is 33.1 Å². The average Bonchev–Trinajstić information content (AvgIpc) is 2.39. The number of nitrogens with zero attached hydrogens (tertiary/aromatic N) is 1. The second-order valence-corrected chi connectivity index (χ2v) is 4.36. The van der Waals surface area contributed by atoms with E-state index >= 15 is 0 Å². The normalized spacial score (nSPS) is 12.1. The van der Waals surface area contributed by atoms with Crippen molar-refractivity contribution in [3.63, 3.8) is 0 Å². The van der Waals surface area contributed by atoms with Crippen LogP contribution in [0.4, 0.5) is 0 Å². The van der Waals surface area contributed by atoms with Gasteiger partial charge in [-0.3, -0.25) is 9.78 Å². The van der Waals surface area contributed by atoms with E-state index < -0.39 is 0 Å². The first kappa shape index (κ1) is 13.7. The van der Waals surface area contributed by atoms with E-state index in [0.29, 0.717) is 11.5 Å². The van der Waals surface area contributed by atoms with Crippen molar-refractivity contribution in [2.45, 2.75) is 39.5 Å². The average molecular weight is 234 g/mol. The summed E-state index contributed by atoms with van der Waals surface area (Å²) in [6.07, 6.45) is 8.06.